The molecular formula is C14H17ClN2OS. The Morgan fingerprint density at radius 1 is 1.37 bits per heavy atom. The third kappa shape index (κ3) is 3.19. The molecule has 102 valence electrons. The Morgan fingerprint density at radius 3 is 2.63 bits per heavy atom. The molecule has 0 amide bonds. The van der Waals surface area contributed by atoms with Gasteiger partial charge in [-0.15, -0.1) is 11.3 Å². The van der Waals surface area contributed by atoms with E-state index in [1.54, 1.807) is 18.4 Å². The van der Waals surface area contributed by atoms with Gasteiger partial charge in [-0.25, -0.2) is 4.98 Å². The first kappa shape index (κ1) is 14.2. The summed E-state index contributed by atoms with van der Waals surface area (Å²) >= 11 is 7.84. The van der Waals surface area contributed by atoms with Gasteiger partial charge in [0.05, 0.1) is 28.9 Å². The Bertz CT molecular complexity index is 583. The van der Waals surface area contributed by atoms with E-state index in [4.69, 9.17) is 16.3 Å². The van der Waals surface area contributed by atoms with E-state index in [0.717, 1.165) is 16.4 Å². The molecule has 0 spiro atoms. The second-order valence-electron chi connectivity index (χ2n) is 4.39. The van der Waals surface area contributed by atoms with Crippen molar-refractivity contribution in [2.45, 2.75) is 26.8 Å². The quantitative estimate of drug-likeness (QED) is 0.895. The lowest BCUT2D eigenvalue weighted by molar-refractivity contribution is 0.415. The van der Waals surface area contributed by atoms with Crippen LogP contribution in [0.15, 0.2) is 18.2 Å². The number of methoxy groups -OCH3 is 1. The maximum absolute atomic E-state index is 6.12. The molecular weight excluding hydrogens is 280 g/mol. The van der Waals surface area contributed by atoms with E-state index >= 15 is 0 Å². The molecule has 1 heterocycles. The zero-order valence-electron chi connectivity index (χ0n) is 11.5. The summed E-state index contributed by atoms with van der Waals surface area (Å²) in [5.74, 6) is 0.681. The van der Waals surface area contributed by atoms with Gasteiger partial charge in [0, 0.05) is 10.6 Å². The fourth-order valence-corrected chi connectivity index (χ4v) is 3.19. The van der Waals surface area contributed by atoms with Gasteiger partial charge in [0.15, 0.2) is 0 Å². The molecule has 0 saturated carbocycles. The van der Waals surface area contributed by atoms with Crippen LogP contribution in [0.2, 0.25) is 5.02 Å². The summed E-state index contributed by atoms with van der Waals surface area (Å²) in [7, 11) is 1.61. The molecule has 1 unspecified atom stereocenters. The third-order valence-corrected chi connectivity index (χ3v) is 4.08. The van der Waals surface area contributed by atoms with Crippen molar-refractivity contribution in [2.24, 2.45) is 0 Å². The number of thiazole rings is 1. The molecule has 1 N–H and O–H groups in total. The maximum atomic E-state index is 6.12. The molecule has 2 aromatic rings. The number of aryl methyl sites for hydroxylation is 2. The largest absolute Gasteiger partial charge is 0.495 e. The van der Waals surface area contributed by atoms with Crippen LogP contribution in [0.5, 0.6) is 5.75 Å². The highest BCUT2D eigenvalue weighted by Gasteiger charge is 2.13. The molecule has 5 heteroatoms. The molecule has 19 heavy (non-hydrogen) atoms. The number of benzene rings is 1. The summed E-state index contributed by atoms with van der Waals surface area (Å²) in [5, 5.41) is 5.10. The predicted molar refractivity (Wildman–Crippen MR) is 81.6 cm³/mol. The van der Waals surface area contributed by atoms with Crippen molar-refractivity contribution in [1.29, 1.82) is 0 Å². The van der Waals surface area contributed by atoms with Gasteiger partial charge in [0.1, 0.15) is 5.75 Å². The van der Waals surface area contributed by atoms with Gasteiger partial charge in [0.25, 0.3) is 0 Å². The van der Waals surface area contributed by atoms with Crippen LogP contribution in [-0.2, 0) is 0 Å². The number of ether oxygens (including phenoxy) is 1. The highest BCUT2D eigenvalue weighted by molar-refractivity contribution is 7.11. The van der Waals surface area contributed by atoms with E-state index in [9.17, 15) is 0 Å². The lowest BCUT2D eigenvalue weighted by atomic mass is 10.2. The molecule has 0 radical (unpaired) electrons. The van der Waals surface area contributed by atoms with E-state index in [0.29, 0.717) is 10.8 Å². The number of hydrogen-bond acceptors (Lipinski definition) is 4. The smallest absolute Gasteiger partial charge is 0.137 e. The van der Waals surface area contributed by atoms with Gasteiger partial charge in [0.2, 0.25) is 0 Å². The minimum atomic E-state index is 0.148. The Labute approximate surface area is 122 Å². The molecule has 0 saturated heterocycles. The normalized spacial score (nSPS) is 12.3. The SMILES string of the molecule is COc1ccc(NC(C)c2nc(C)sc2C)cc1Cl. The molecule has 0 aliphatic carbocycles. The average molecular weight is 297 g/mol. The van der Waals surface area contributed by atoms with Gasteiger partial charge < -0.3 is 10.1 Å². The van der Waals surface area contributed by atoms with E-state index in [2.05, 4.69) is 24.1 Å². The number of aromatic nitrogens is 1. The van der Waals surface area contributed by atoms with Crippen LogP contribution in [0, 0.1) is 13.8 Å². The number of nitrogens with zero attached hydrogens (tertiary/aromatic N) is 1. The Balaban J connectivity index is 2.17. The number of halogens is 1. The van der Waals surface area contributed by atoms with Crippen LogP contribution in [0.4, 0.5) is 5.69 Å². The molecule has 2 rings (SSSR count). The van der Waals surface area contributed by atoms with E-state index < -0.39 is 0 Å². The zero-order chi connectivity index (χ0) is 14.0. The van der Waals surface area contributed by atoms with E-state index in [1.165, 1.54) is 4.88 Å². The third-order valence-electron chi connectivity index (χ3n) is 2.88. The summed E-state index contributed by atoms with van der Waals surface area (Å²) in [6.45, 7) is 6.22. The Kier molecular flexibility index (Phi) is 4.32. The fourth-order valence-electron chi connectivity index (χ4n) is 2.02. The highest BCUT2D eigenvalue weighted by atomic mass is 35.5. The second-order valence-corrected chi connectivity index (χ2v) is 6.20. The minimum absolute atomic E-state index is 0.148. The summed E-state index contributed by atoms with van der Waals surface area (Å²) in [6, 6.07) is 5.83. The first-order chi connectivity index (χ1) is 9.01. The van der Waals surface area contributed by atoms with Crippen LogP contribution in [0.1, 0.15) is 28.5 Å². The van der Waals surface area contributed by atoms with Crippen LogP contribution >= 0.6 is 22.9 Å². The van der Waals surface area contributed by atoms with Crippen LogP contribution < -0.4 is 10.1 Å². The standard InChI is InChI=1S/C14H17ClN2OS/c1-8(14-9(2)19-10(3)17-14)16-11-5-6-13(18-4)12(15)7-11/h5-8,16H,1-4H3. The van der Waals surface area contributed by atoms with Crippen LogP contribution in [0.25, 0.3) is 0 Å². The lowest BCUT2D eigenvalue weighted by Gasteiger charge is -2.15. The highest BCUT2D eigenvalue weighted by Crippen LogP contribution is 2.30. The average Bonchev–Trinajstić information content (AvgIpc) is 2.69. The molecule has 1 aromatic heterocycles. The van der Waals surface area contributed by atoms with Gasteiger partial charge >= 0.3 is 0 Å². The lowest BCUT2D eigenvalue weighted by Crippen LogP contribution is -2.08. The van der Waals surface area contributed by atoms with Gasteiger partial charge in [-0.3, -0.25) is 0 Å². The molecule has 1 aromatic carbocycles. The predicted octanol–water partition coefficient (Wildman–Crippen LogP) is 4.60. The van der Waals surface area contributed by atoms with Crippen molar-refractivity contribution < 1.29 is 4.74 Å². The van der Waals surface area contributed by atoms with Crippen molar-refractivity contribution in [1.82, 2.24) is 4.98 Å². The van der Waals surface area contributed by atoms with Crippen molar-refractivity contribution in [3.8, 4) is 5.75 Å². The molecule has 1 atom stereocenters. The molecule has 0 fully saturated rings. The molecule has 0 aliphatic rings. The van der Waals surface area contributed by atoms with Crippen molar-refractivity contribution >= 4 is 28.6 Å². The topological polar surface area (TPSA) is 34.1 Å². The van der Waals surface area contributed by atoms with Crippen LogP contribution in [-0.4, -0.2) is 12.1 Å². The van der Waals surface area contributed by atoms with Crippen molar-refractivity contribution in [3.05, 3.63) is 38.8 Å². The van der Waals surface area contributed by atoms with E-state index in [-0.39, 0.29) is 6.04 Å². The second kappa shape index (κ2) is 5.80. The molecule has 0 bridgehead atoms. The van der Waals surface area contributed by atoms with Gasteiger partial charge in [-0.05, 0) is 39.0 Å². The molecule has 0 aliphatic heterocycles. The number of nitrogens with one attached hydrogen (secondary N) is 1. The zero-order valence-corrected chi connectivity index (χ0v) is 13.0. The van der Waals surface area contributed by atoms with Crippen LogP contribution in [0.3, 0.4) is 0 Å². The van der Waals surface area contributed by atoms with Crippen molar-refractivity contribution in [3.63, 3.8) is 0 Å². The van der Waals surface area contributed by atoms with E-state index in [1.807, 2.05) is 25.1 Å². The summed E-state index contributed by atoms with van der Waals surface area (Å²) in [4.78, 5) is 5.81. The van der Waals surface area contributed by atoms with Gasteiger partial charge in [-0.1, -0.05) is 11.6 Å². The minimum Gasteiger partial charge on any atom is -0.495 e. The van der Waals surface area contributed by atoms with Crippen molar-refractivity contribution in [2.75, 3.05) is 12.4 Å². The number of rotatable bonds is 4. The summed E-state index contributed by atoms with van der Waals surface area (Å²) in [5.41, 5.74) is 2.05. The fraction of sp³-hybridized carbons (Fsp3) is 0.357. The summed E-state index contributed by atoms with van der Waals surface area (Å²) in [6.07, 6.45) is 0. The number of hydrogen-bond donors (Lipinski definition) is 1. The first-order valence-corrected chi connectivity index (χ1v) is 7.24. The molecule has 3 nitrogen and oxygen atoms in total. The van der Waals surface area contributed by atoms with Gasteiger partial charge in [-0.2, -0.15) is 0 Å². The maximum Gasteiger partial charge on any atom is 0.137 e. The Morgan fingerprint density at radius 2 is 2.11 bits per heavy atom. The monoisotopic (exact) mass is 296 g/mol. The Hall–Kier alpha value is -1.26. The summed E-state index contributed by atoms with van der Waals surface area (Å²) < 4.78 is 5.14. The first-order valence-electron chi connectivity index (χ1n) is 6.05. The number of anilines is 1.